The topological polar surface area (TPSA) is 104 Å². The molecule has 0 radical (unpaired) electrons. The van der Waals surface area contributed by atoms with Gasteiger partial charge in [0, 0.05) is 17.5 Å². The minimum absolute atomic E-state index is 0.0294. The van der Waals surface area contributed by atoms with E-state index < -0.39 is 19.9 Å². The van der Waals surface area contributed by atoms with Gasteiger partial charge >= 0.3 is 0 Å². The van der Waals surface area contributed by atoms with Gasteiger partial charge in [-0.15, -0.1) is 6.58 Å². The average molecular weight is 408 g/mol. The number of benzene rings is 2. The maximum absolute atomic E-state index is 12.6. The summed E-state index contributed by atoms with van der Waals surface area (Å²) in [7, 11) is -7.15. The van der Waals surface area contributed by atoms with Gasteiger partial charge in [0.2, 0.25) is 10.0 Å². The summed E-state index contributed by atoms with van der Waals surface area (Å²) in [5.41, 5.74) is 2.47. The molecule has 0 saturated heterocycles. The molecule has 0 aliphatic carbocycles. The van der Waals surface area contributed by atoms with Gasteiger partial charge in [-0.05, 0) is 23.3 Å². The largest absolute Gasteiger partial charge is 0.485 e. The van der Waals surface area contributed by atoms with Crippen LogP contribution < -0.4 is 9.88 Å². The van der Waals surface area contributed by atoms with Crippen molar-refractivity contribution in [1.82, 2.24) is 0 Å². The molecule has 0 fully saturated rings. The Bertz CT molecular complexity index is 1100. The van der Waals surface area contributed by atoms with Crippen LogP contribution in [0.15, 0.2) is 53.9 Å². The lowest BCUT2D eigenvalue weighted by atomic mass is 9.90. The van der Waals surface area contributed by atoms with E-state index in [0.29, 0.717) is 28.9 Å². The van der Waals surface area contributed by atoms with Gasteiger partial charge in [-0.3, -0.25) is 0 Å². The maximum atomic E-state index is 12.6. The minimum atomic E-state index is -3.69. The van der Waals surface area contributed by atoms with E-state index in [0.717, 1.165) is 5.56 Å². The number of rotatable bonds is 6. The molecule has 2 aromatic carbocycles. The summed E-state index contributed by atoms with van der Waals surface area (Å²) < 4.78 is 54.1. The summed E-state index contributed by atoms with van der Waals surface area (Å²) >= 11 is 0. The van der Waals surface area contributed by atoms with E-state index >= 15 is 0 Å². The molecule has 1 heterocycles. The van der Waals surface area contributed by atoms with Gasteiger partial charge in [-0.1, -0.05) is 37.3 Å². The van der Waals surface area contributed by atoms with Crippen molar-refractivity contribution in [2.75, 3.05) is 5.75 Å². The molecule has 27 heavy (non-hydrogen) atoms. The molecule has 0 saturated carbocycles. The highest BCUT2D eigenvalue weighted by Crippen LogP contribution is 2.47. The SMILES string of the molecule is C=CCC1Oc2cccc(S(=O)(=O)CC)c2-c2ccc(CS(N)(=O)=O)cc21. The summed E-state index contributed by atoms with van der Waals surface area (Å²) in [4.78, 5) is 0.208. The summed E-state index contributed by atoms with van der Waals surface area (Å²) in [6.45, 7) is 5.34. The Balaban J connectivity index is 2.25. The van der Waals surface area contributed by atoms with E-state index in [1.807, 2.05) is 0 Å². The van der Waals surface area contributed by atoms with Crippen LogP contribution in [0.2, 0.25) is 0 Å². The molecule has 1 atom stereocenters. The molecule has 1 aliphatic rings. The number of sulfonamides is 1. The van der Waals surface area contributed by atoms with Crippen LogP contribution in [-0.4, -0.2) is 22.6 Å². The fraction of sp³-hybridized carbons (Fsp3) is 0.263. The van der Waals surface area contributed by atoms with Gasteiger partial charge in [-0.25, -0.2) is 22.0 Å². The number of fused-ring (bicyclic) bond motifs is 3. The Kier molecular flexibility index (Phi) is 5.16. The molecule has 2 aromatic rings. The van der Waals surface area contributed by atoms with Crippen molar-refractivity contribution in [3.05, 3.63) is 60.2 Å². The van der Waals surface area contributed by atoms with Crippen molar-refractivity contribution in [2.24, 2.45) is 5.14 Å². The number of hydrogen-bond donors (Lipinski definition) is 1. The first-order valence-corrected chi connectivity index (χ1v) is 11.8. The van der Waals surface area contributed by atoms with Crippen molar-refractivity contribution < 1.29 is 21.6 Å². The number of sulfone groups is 1. The van der Waals surface area contributed by atoms with Gasteiger partial charge in [-0.2, -0.15) is 0 Å². The first-order valence-electron chi connectivity index (χ1n) is 8.43. The maximum Gasteiger partial charge on any atom is 0.213 e. The van der Waals surface area contributed by atoms with Crippen LogP contribution in [-0.2, 0) is 25.6 Å². The van der Waals surface area contributed by atoms with E-state index in [1.54, 1.807) is 49.4 Å². The molecule has 0 spiro atoms. The lowest BCUT2D eigenvalue weighted by molar-refractivity contribution is 0.205. The van der Waals surface area contributed by atoms with E-state index in [1.165, 1.54) is 0 Å². The van der Waals surface area contributed by atoms with E-state index in [4.69, 9.17) is 9.88 Å². The van der Waals surface area contributed by atoms with Gasteiger partial charge in [0.15, 0.2) is 9.84 Å². The molecule has 6 nitrogen and oxygen atoms in total. The zero-order valence-corrected chi connectivity index (χ0v) is 16.5. The van der Waals surface area contributed by atoms with Crippen LogP contribution >= 0.6 is 0 Å². The van der Waals surface area contributed by atoms with Crippen LogP contribution in [0.3, 0.4) is 0 Å². The Morgan fingerprint density at radius 3 is 2.56 bits per heavy atom. The third kappa shape index (κ3) is 3.92. The lowest BCUT2D eigenvalue weighted by Crippen LogP contribution is -2.18. The van der Waals surface area contributed by atoms with Crippen molar-refractivity contribution in [3.63, 3.8) is 0 Å². The van der Waals surface area contributed by atoms with E-state index in [9.17, 15) is 16.8 Å². The summed E-state index contributed by atoms with van der Waals surface area (Å²) in [6, 6.07) is 10.1. The first kappa shape index (κ1) is 19.6. The number of nitrogens with two attached hydrogens (primary N) is 1. The predicted molar refractivity (Wildman–Crippen MR) is 105 cm³/mol. The smallest absolute Gasteiger partial charge is 0.213 e. The van der Waals surface area contributed by atoms with Crippen LogP contribution in [0, 0.1) is 0 Å². The number of ether oxygens (including phenoxy) is 1. The second-order valence-corrected chi connectivity index (χ2v) is 10.3. The summed E-state index contributed by atoms with van der Waals surface area (Å²) in [5, 5.41) is 5.16. The monoisotopic (exact) mass is 407 g/mol. The Morgan fingerprint density at radius 2 is 1.93 bits per heavy atom. The zero-order chi connectivity index (χ0) is 19.8. The Labute approximate surface area is 159 Å². The average Bonchev–Trinajstić information content (AvgIpc) is 2.60. The Hall–Kier alpha value is -2.16. The van der Waals surface area contributed by atoms with Crippen molar-refractivity contribution in [1.29, 1.82) is 0 Å². The van der Waals surface area contributed by atoms with Gasteiger partial charge in [0.25, 0.3) is 0 Å². The zero-order valence-electron chi connectivity index (χ0n) is 14.9. The second kappa shape index (κ2) is 7.10. The van der Waals surface area contributed by atoms with Crippen molar-refractivity contribution in [3.8, 4) is 16.9 Å². The fourth-order valence-electron chi connectivity index (χ4n) is 3.26. The summed E-state index contributed by atoms with van der Waals surface area (Å²) in [6.07, 6.45) is 1.82. The minimum Gasteiger partial charge on any atom is -0.485 e. The standard InChI is InChI=1S/C19H21NO5S2/c1-3-6-16-15-11-13(12-27(20,23)24)9-10-14(15)19-17(25-16)7-5-8-18(19)26(21,22)4-2/h3,5,7-11,16H,1,4,6,12H2,2H3,(H2,20,23,24). The van der Waals surface area contributed by atoms with Gasteiger partial charge in [0.1, 0.15) is 11.9 Å². The molecule has 2 N–H and O–H groups in total. The van der Waals surface area contributed by atoms with Crippen LogP contribution in [0.25, 0.3) is 11.1 Å². The molecular weight excluding hydrogens is 386 g/mol. The first-order chi connectivity index (χ1) is 12.7. The van der Waals surface area contributed by atoms with Crippen LogP contribution in [0.5, 0.6) is 5.75 Å². The molecule has 1 unspecified atom stereocenters. The summed E-state index contributed by atoms with van der Waals surface area (Å²) in [5.74, 6) is 0.157. The molecule has 8 heteroatoms. The molecule has 0 amide bonds. The van der Waals surface area contributed by atoms with Crippen LogP contribution in [0.1, 0.15) is 30.6 Å². The fourth-order valence-corrected chi connectivity index (χ4v) is 5.02. The molecule has 144 valence electrons. The highest BCUT2D eigenvalue weighted by Gasteiger charge is 2.30. The van der Waals surface area contributed by atoms with Gasteiger partial charge < -0.3 is 4.74 Å². The molecule has 0 aromatic heterocycles. The van der Waals surface area contributed by atoms with E-state index in [-0.39, 0.29) is 22.5 Å². The van der Waals surface area contributed by atoms with Crippen molar-refractivity contribution in [2.45, 2.75) is 30.1 Å². The predicted octanol–water partition coefficient (Wildman–Crippen LogP) is 2.95. The van der Waals surface area contributed by atoms with E-state index in [2.05, 4.69) is 6.58 Å². The quantitative estimate of drug-likeness (QED) is 0.742. The normalized spacial score (nSPS) is 16.1. The number of hydrogen-bond acceptors (Lipinski definition) is 5. The highest BCUT2D eigenvalue weighted by atomic mass is 32.2. The van der Waals surface area contributed by atoms with Crippen molar-refractivity contribution >= 4 is 19.9 Å². The molecular formula is C19H21NO5S2. The third-order valence-corrected chi connectivity index (χ3v) is 6.96. The highest BCUT2D eigenvalue weighted by molar-refractivity contribution is 7.91. The Morgan fingerprint density at radius 1 is 1.19 bits per heavy atom. The molecule has 0 bridgehead atoms. The van der Waals surface area contributed by atoms with Gasteiger partial charge in [0.05, 0.1) is 16.4 Å². The third-order valence-electron chi connectivity index (χ3n) is 4.45. The lowest BCUT2D eigenvalue weighted by Gasteiger charge is -2.30. The molecule has 3 rings (SSSR count). The number of primary sulfonamides is 1. The van der Waals surface area contributed by atoms with Crippen LogP contribution in [0.4, 0.5) is 0 Å². The molecule has 1 aliphatic heterocycles. The second-order valence-electron chi connectivity index (χ2n) is 6.39.